The number of rotatable bonds is 10. The van der Waals surface area contributed by atoms with Gasteiger partial charge in [-0.3, -0.25) is 4.79 Å². The molecular weight excluding hydrogens is 346 g/mol. The molecule has 0 aliphatic rings. The van der Waals surface area contributed by atoms with Crippen molar-refractivity contribution < 1.29 is 24.2 Å². The molecule has 7 heteroatoms. The van der Waals surface area contributed by atoms with Gasteiger partial charge in [-0.25, -0.2) is 4.79 Å². The third-order valence-electron chi connectivity index (χ3n) is 3.46. The van der Waals surface area contributed by atoms with Crippen LogP contribution in [-0.2, 0) is 14.3 Å². The van der Waals surface area contributed by atoms with E-state index in [-0.39, 0.29) is 25.7 Å². The molecule has 1 aromatic rings. The summed E-state index contributed by atoms with van der Waals surface area (Å²) in [5.74, 6) is 0.218. The van der Waals surface area contributed by atoms with E-state index < -0.39 is 12.1 Å². The second kappa shape index (κ2) is 10.9. The Morgan fingerprint density at radius 3 is 2.64 bits per heavy atom. The van der Waals surface area contributed by atoms with Crippen LogP contribution in [0.4, 0.5) is 0 Å². The van der Waals surface area contributed by atoms with Crippen LogP contribution in [-0.4, -0.2) is 42.8 Å². The molecule has 1 unspecified atom stereocenters. The lowest BCUT2D eigenvalue weighted by Crippen LogP contribution is -2.37. The first-order chi connectivity index (χ1) is 11.8. The molecule has 0 bridgehead atoms. The van der Waals surface area contributed by atoms with Crippen LogP contribution in [0.2, 0.25) is 5.02 Å². The van der Waals surface area contributed by atoms with Crippen LogP contribution in [0, 0.1) is 12.8 Å². The standard InChI is InChI=1S/C18H26ClNO5/c1-12(2)4-7-17(22)20-9-15(10-21)25-18(23)11-24-16-6-5-14(19)8-13(16)3/h5-6,8,12,15,21H,4,7,9-11H2,1-3H3,(H,20,22). The van der Waals surface area contributed by atoms with Crippen LogP contribution in [0.5, 0.6) is 5.75 Å². The summed E-state index contributed by atoms with van der Waals surface area (Å²) in [5, 5.41) is 12.5. The monoisotopic (exact) mass is 371 g/mol. The lowest BCUT2D eigenvalue weighted by atomic mass is 10.1. The van der Waals surface area contributed by atoms with Crippen LogP contribution in [0.3, 0.4) is 0 Å². The maximum absolute atomic E-state index is 11.8. The van der Waals surface area contributed by atoms with Crippen LogP contribution in [0.15, 0.2) is 18.2 Å². The zero-order valence-corrected chi connectivity index (χ0v) is 15.6. The molecule has 1 rings (SSSR count). The minimum atomic E-state index is -0.801. The lowest BCUT2D eigenvalue weighted by molar-refractivity contribution is -0.153. The van der Waals surface area contributed by atoms with Crippen LogP contribution < -0.4 is 10.1 Å². The highest BCUT2D eigenvalue weighted by Gasteiger charge is 2.16. The molecule has 25 heavy (non-hydrogen) atoms. The number of carbonyl (C=O) groups excluding carboxylic acids is 2. The predicted molar refractivity (Wildman–Crippen MR) is 95.7 cm³/mol. The van der Waals surface area contributed by atoms with E-state index in [9.17, 15) is 14.7 Å². The summed E-state index contributed by atoms with van der Waals surface area (Å²) in [4.78, 5) is 23.5. The molecule has 1 aromatic carbocycles. The van der Waals surface area contributed by atoms with Crippen molar-refractivity contribution in [2.24, 2.45) is 5.92 Å². The van der Waals surface area contributed by atoms with Gasteiger partial charge >= 0.3 is 5.97 Å². The number of esters is 1. The number of halogens is 1. The van der Waals surface area contributed by atoms with E-state index in [4.69, 9.17) is 21.1 Å². The number of ether oxygens (including phenoxy) is 2. The Balaban J connectivity index is 2.36. The van der Waals surface area contributed by atoms with Crippen molar-refractivity contribution in [3.63, 3.8) is 0 Å². The van der Waals surface area contributed by atoms with Crippen LogP contribution >= 0.6 is 11.6 Å². The molecule has 0 heterocycles. The smallest absolute Gasteiger partial charge is 0.344 e. The maximum atomic E-state index is 11.8. The summed E-state index contributed by atoms with van der Waals surface area (Å²) in [6.07, 6.45) is 0.386. The fourth-order valence-electron chi connectivity index (χ4n) is 2.01. The second-order valence-electron chi connectivity index (χ2n) is 6.23. The Labute approximate surface area is 153 Å². The molecule has 0 radical (unpaired) electrons. The van der Waals surface area contributed by atoms with Gasteiger partial charge < -0.3 is 19.9 Å². The van der Waals surface area contributed by atoms with Gasteiger partial charge in [0, 0.05) is 11.4 Å². The van der Waals surface area contributed by atoms with Gasteiger partial charge in [0.15, 0.2) is 6.61 Å². The summed E-state index contributed by atoms with van der Waals surface area (Å²) in [6, 6.07) is 5.06. The number of aliphatic hydroxyl groups excluding tert-OH is 1. The van der Waals surface area contributed by atoms with Gasteiger partial charge in [0.25, 0.3) is 0 Å². The first-order valence-corrected chi connectivity index (χ1v) is 8.65. The minimum absolute atomic E-state index is 0.0686. The van der Waals surface area contributed by atoms with E-state index in [1.165, 1.54) is 0 Å². The van der Waals surface area contributed by atoms with Gasteiger partial charge in [0.05, 0.1) is 13.2 Å². The third-order valence-corrected chi connectivity index (χ3v) is 3.69. The summed E-state index contributed by atoms with van der Waals surface area (Å²) in [7, 11) is 0. The first-order valence-electron chi connectivity index (χ1n) is 8.27. The quantitative estimate of drug-likeness (QED) is 0.617. The highest BCUT2D eigenvalue weighted by atomic mass is 35.5. The van der Waals surface area contributed by atoms with E-state index >= 15 is 0 Å². The van der Waals surface area contributed by atoms with Crippen molar-refractivity contribution in [2.75, 3.05) is 19.8 Å². The molecule has 1 atom stereocenters. The molecule has 140 valence electrons. The SMILES string of the molecule is Cc1cc(Cl)ccc1OCC(=O)OC(CO)CNC(=O)CCC(C)C. The van der Waals surface area contributed by atoms with Crippen LogP contribution in [0.1, 0.15) is 32.3 Å². The van der Waals surface area contributed by atoms with Gasteiger partial charge in [-0.2, -0.15) is 0 Å². The molecule has 6 nitrogen and oxygen atoms in total. The summed E-state index contributed by atoms with van der Waals surface area (Å²) in [6.45, 7) is 5.29. The normalized spacial score (nSPS) is 11.9. The van der Waals surface area contributed by atoms with Crippen molar-refractivity contribution >= 4 is 23.5 Å². The van der Waals surface area contributed by atoms with Gasteiger partial charge in [-0.05, 0) is 43.0 Å². The largest absolute Gasteiger partial charge is 0.482 e. The van der Waals surface area contributed by atoms with Gasteiger partial charge in [0.1, 0.15) is 11.9 Å². The van der Waals surface area contributed by atoms with E-state index in [2.05, 4.69) is 5.32 Å². The van der Waals surface area contributed by atoms with Gasteiger partial charge in [-0.15, -0.1) is 0 Å². The molecule has 0 aliphatic carbocycles. The van der Waals surface area contributed by atoms with E-state index in [0.717, 1.165) is 12.0 Å². The molecule has 1 amide bonds. The van der Waals surface area contributed by atoms with Crippen molar-refractivity contribution in [1.82, 2.24) is 5.32 Å². The molecule has 0 saturated carbocycles. The number of carbonyl (C=O) groups is 2. The highest BCUT2D eigenvalue weighted by molar-refractivity contribution is 6.30. The number of nitrogens with one attached hydrogen (secondary N) is 1. The minimum Gasteiger partial charge on any atom is -0.482 e. The van der Waals surface area contributed by atoms with E-state index in [1.807, 2.05) is 20.8 Å². The molecule has 2 N–H and O–H groups in total. The zero-order valence-electron chi connectivity index (χ0n) is 14.9. The Morgan fingerprint density at radius 1 is 1.32 bits per heavy atom. The summed E-state index contributed by atoms with van der Waals surface area (Å²) < 4.78 is 10.5. The fraction of sp³-hybridized carbons (Fsp3) is 0.556. The Morgan fingerprint density at radius 2 is 2.04 bits per heavy atom. The summed E-state index contributed by atoms with van der Waals surface area (Å²) >= 11 is 5.86. The Kier molecular flexibility index (Phi) is 9.31. The van der Waals surface area contributed by atoms with Crippen molar-refractivity contribution in [3.8, 4) is 5.75 Å². The molecular formula is C18H26ClNO5. The van der Waals surface area contributed by atoms with E-state index in [0.29, 0.717) is 23.1 Å². The highest BCUT2D eigenvalue weighted by Crippen LogP contribution is 2.21. The fourth-order valence-corrected chi connectivity index (χ4v) is 2.24. The molecule has 0 spiro atoms. The van der Waals surface area contributed by atoms with Crippen molar-refractivity contribution in [2.45, 2.75) is 39.7 Å². The molecule has 0 fully saturated rings. The maximum Gasteiger partial charge on any atom is 0.344 e. The number of aryl methyl sites for hydroxylation is 1. The molecule has 0 saturated heterocycles. The predicted octanol–water partition coefficient (Wildman–Crippen LogP) is 2.48. The zero-order chi connectivity index (χ0) is 18.8. The average Bonchev–Trinajstić information content (AvgIpc) is 2.55. The number of hydrogen-bond acceptors (Lipinski definition) is 5. The topological polar surface area (TPSA) is 84.9 Å². The second-order valence-corrected chi connectivity index (χ2v) is 6.67. The molecule has 0 aliphatic heterocycles. The van der Waals surface area contributed by atoms with Gasteiger partial charge in [-0.1, -0.05) is 25.4 Å². The average molecular weight is 372 g/mol. The summed E-state index contributed by atoms with van der Waals surface area (Å²) in [5.41, 5.74) is 0.802. The molecule has 0 aromatic heterocycles. The number of benzene rings is 1. The number of amides is 1. The Hall–Kier alpha value is -1.79. The van der Waals surface area contributed by atoms with Crippen molar-refractivity contribution in [3.05, 3.63) is 28.8 Å². The first kappa shape index (κ1) is 21.3. The lowest BCUT2D eigenvalue weighted by Gasteiger charge is -2.17. The third kappa shape index (κ3) is 8.74. The van der Waals surface area contributed by atoms with Gasteiger partial charge in [0.2, 0.25) is 5.91 Å². The van der Waals surface area contributed by atoms with Crippen molar-refractivity contribution in [1.29, 1.82) is 0 Å². The van der Waals surface area contributed by atoms with E-state index in [1.54, 1.807) is 18.2 Å². The van der Waals surface area contributed by atoms with Crippen LogP contribution in [0.25, 0.3) is 0 Å². The number of aliphatic hydroxyl groups is 1. The Bertz CT molecular complexity index is 577. The number of hydrogen-bond donors (Lipinski definition) is 2.